The van der Waals surface area contributed by atoms with Crippen molar-refractivity contribution in [2.75, 3.05) is 0 Å². The van der Waals surface area contributed by atoms with Crippen molar-refractivity contribution in [3.8, 4) is 5.75 Å². The molecule has 0 radical (unpaired) electrons. The minimum Gasteiger partial charge on any atom is -0.507 e. The molecule has 0 aromatic heterocycles. The van der Waals surface area contributed by atoms with Crippen LogP contribution in [-0.2, 0) is 4.79 Å². The monoisotopic (exact) mass is 248 g/mol. The minimum atomic E-state index is -1.00. The highest BCUT2D eigenvalue weighted by Crippen LogP contribution is 2.39. The van der Waals surface area contributed by atoms with Crippen LogP contribution in [0.4, 0.5) is 0 Å². The van der Waals surface area contributed by atoms with Crippen molar-refractivity contribution in [3.63, 3.8) is 0 Å². The summed E-state index contributed by atoms with van der Waals surface area (Å²) in [5, 5.41) is 19.1. The molecule has 1 aromatic rings. The van der Waals surface area contributed by atoms with Crippen molar-refractivity contribution in [1.82, 2.24) is 0 Å². The first kappa shape index (κ1) is 14.3. The summed E-state index contributed by atoms with van der Waals surface area (Å²) in [6.45, 7) is 9.53. The number of carboxylic acids is 1. The van der Waals surface area contributed by atoms with E-state index in [-0.39, 0.29) is 11.2 Å². The van der Waals surface area contributed by atoms with Crippen LogP contribution in [0.25, 0.3) is 5.57 Å². The largest absolute Gasteiger partial charge is 0.507 e. The van der Waals surface area contributed by atoms with Gasteiger partial charge in [-0.15, -0.1) is 0 Å². The second kappa shape index (κ2) is 4.84. The predicted octanol–water partition coefficient (Wildman–Crippen LogP) is 3.52. The molecule has 0 amide bonds. The molecule has 0 aliphatic heterocycles. The summed E-state index contributed by atoms with van der Waals surface area (Å²) in [5.41, 5.74) is 2.63. The van der Waals surface area contributed by atoms with Gasteiger partial charge in [0.1, 0.15) is 5.75 Å². The van der Waals surface area contributed by atoms with Crippen LogP contribution in [0.15, 0.2) is 18.2 Å². The molecule has 0 aliphatic rings. The molecule has 1 aromatic carbocycles. The van der Waals surface area contributed by atoms with Crippen molar-refractivity contribution >= 4 is 11.5 Å². The van der Waals surface area contributed by atoms with Crippen LogP contribution < -0.4 is 0 Å². The minimum absolute atomic E-state index is 0.156. The molecule has 0 atom stereocenters. The molecular weight excluding hydrogens is 228 g/mol. The van der Waals surface area contributed by atoms with Crippen molar-refractivity contribution < 1.29 is 15.0 Å². The standard InChI is InChI=1S/C15H20O3/c1-9-6-10(2)14(18)11(7-9)12(8-13(16)17)15(3,4)5/h6-8,18H,1-5H3,(H,16,17)/b12-8-. The lowest BCUT2D eigenvalue weighted by molar-refractivity contribution is -0.131. The number of phenolic OH excluding ortho intramolecular Hbond substituents is 1. The number of aromatic hydroxyl groups is 1. The fraction of sp³-hybridized carbons (Fsp3) is 0.400. The Morgan fingerprint density at radius 3 is 2.22 bits per heavy atom. The maximum absolute atomic E-state index is 11.0. The van der Waals surface area contributed by atoms with Crippen LogP contribution >= 0.6 is 0 Å². The SMILES string of the molecule is Cc1cc(C)c(O)c(/C(=C/C(=O)O)C(C)(C)C)c1. The topological polar surface area (TPSA) is 57.5 Å². The van der Waals surface area contributed by atoms with Crippen molar-refractivity contribution in [2.45, 2.75) is 34.6 Å². The Morgan fingerprint density at radius 1 is 1.22 bits per heavy atom. The molecule has 0 aliphatic carbocycles. The molecule has 0 saturated heterocycles. The van der Waals surface area contributed by atoms with Crippen molar-refractivity contribution in [1.29, 1.82) is 0 Å². The van der Waals surface area contributed by atoms with E-state index in [1.54, 1.807) is 0 Å². The average molecular weight is 248 g/mol. The fourth-order valence-corrected chi connectivity index (χ4v) is 1.99. The lowest BCUT2D eigenvalue weighted by Gasteiger charge is -2.24. The molecule has 0 bridgehead atoms. The van der Waals surface area contributed by atoms with Crippen LogP contribution in [0.5, 0.6) is 5.75 Å². The highest BCUT2D eigenvalue weighted by molar-refractivity contribution is 5.92. The number of aliphatic carboxylic acids is 1. The van der Waals surface area contributed by atoms with E-state index < -0.39 is 5.97 Å². The zero-order valence-electron chi connectivity index (χ0n) is 11.5. The number of hydrogen-bond donors (Lipinski definition) is 2. The molecule has 0 fully saturated rings. The van der Waals surface area contributed by atoms with E-state index in [0.717, 1.165) is 11.1 Å². The molecular formula is C15H20O3. The highest BCUT2D eigenvalue weighted by Gasteiger charge is 2.23. The molecule has 3 nitrogen and oxygen atoms in total. The molecule has 0 heterocycles. The zero-order chi connectivity index (χ0) is 14.1. The van der Waals surface area contributed by atoms with Gasteiger partial charge in [-0.1, -0.05) is 26.8 Å². The molecule has 0 spiro atoms. The van der Waals surface area contributed by atoms with E-state index in [0.29, 0.717) is 11.1 Å². The number of rotatable bonds is 2. The quantitative estimate of drug-likeness (QED) is 0.787. The van der Waals surface area contributed by atoms with E-state index in [1.807, 2.05) is 46.8 Å². The first-order chi connectivity index (χ1) is 8.12. The number of carboxylic acid groups (broad SMARTS) is 1. The average Bonchev–Trinajstić information content (AvgIpc) is 2.18. The number of carbonyl (C=O) groups is 1. The Hall–Kier alpha value is -1.77. The number of hydrogen-bond acceptors (Lipinski definition) is 2. The van der Waals surface area contributed by atoms with Crippen LogP contribution in [0.2, 0.25) is 0 Å². The maximum atomic E-state index is 11.0. The molecule has 1 rings (SSSR count). The Morgan fingerprint density at radius 2 is 1.78 bits per heavy atom. The van der Waals surface area contributed by atoms with Crippen LogP contribution in [-0.4, -0.2) is 16.2 Å². The summed E-state index contributed by atoms with van der Waals surface area (Å²) in [6, 6.07) is 3.70. The smallest absolute Gasteiger partial charge is 0.328 e. The van der Waals surface area contributed by atoms with Gasteiger partial charge in [0.15, 0.2) is 0 Å². The Bertz CT molecular complexity index is 505. The van der Waals surface area contributed by atoms with Gasteiger partial charge in [0.2, 0.25) is 0 Å². The van der Waals surface area contributed by atoms with Crippen LogP contribution in [0.1, 0.15) is 37.5 Å². The van der Waals surface area contributed by atoms with Gasteiger partial charge in [-0.3, -0.25) is 0 Å². The summed E-state index contributed by atoms with van der Waals surface area (Å²) < 4.78 is 0. The normalized spacial score (nSPS) is 12.6. The van der Waals surface area contributed by atoms with E-state index in [2.05, 4.69) is 0 Å². The lowest BCUT2D eigenvalue weighted by atomic mass is 9.80. The summed E-state index contributed by atoms with van der Waals surface area (Å²) in [5.74, 6) is -0.846. The first-order valence-corrected chi connectivity index (χ1v) is 5.88. The first-order valence-electron chi connectivity index (χ1n) is 5.88. The summed E-state index contributed by atoms with van der Waals surface area (Å²) in [7, 11) is 0. The van der Waals surface area contributed by atoms with Crippen LogP contribution in [0, 0.1) is 19.3 Å². The van der Waals surface area contributed by atoms with E-state index >= 15 is 0 Å². The molecule has 18 heavy (non-hydrogen) atoms. The number of aryl methyl sites for hydroxylation is 2. The third-order valence-corrected chi connectivity index (χ3v) is 2.81. The van der Waals surface area contributed by atoms with Gasteiger partial charge in [0.25, 0.3) is 0 Å². The van der Waals surface area contributed by atoms with Crippen molar-refractivity contribution in [2.24, 2.45) is 5.41 Å². The van der Waals surface area contributed by atoms with E-state index in [1.165, 1.54) is 6.08 Å². The fourth-order valence-electron chi connectivity index (χ4n) is 1.99. The van der Waals surface area contributed by atoms with Gasteiger partial charge >= 0.3 is 5.97 Å². The number of allylic oxidation sites excluding steroid dienone is 1. The Kier molecular flexibility index (Phi) is 3.85. The molecule has 0 unspecified atom stereocenters. The molecule has 98 valence electrons. The Labute approximate surface area is 108 Å². The number of phenols is 1. The van der Waals surface area contributed by atoms with Crippen molar-refractivity contribution in [3.05, 3.63) is 34.9 Å². The summed E-state index contributed by atoms with van der Waals surface area (Å²) >= 11 is 0. The highest BCUT2D eigenvalue weighted by atomic mass is 16.4. The predicted molar refractivity (Wildman–Crippen MR) is 72.6 cm³/mol. The third-order valence-electron chi connectivity index (χ3n) is 2.81. The van der Waals surface area contributed by atoms with Gasteiger partial charge in [-0.25, -0.2) is 4.79 Å². The molecule has 0 saturated carbocycles. The molecule has 2 N–H and O–H groups in total. The summed E-state index contributed by atoms with van der Waals surface area (Å²) in [4.78, 5) is 11.0. The number of benzene rings is 1. The Balaban J connectivity index is 3.54. The maximum Gasteiger partial charge on any atom is 0.328 e. The van der Waals surface area contributed by atoms with E-state index in [9.17, 15) is 9.90 Å². The summed E-state index contributed by atoms with van der Waals surface area (Å²) in [6.07, 6.45) is 1.17. The van der Waals surface area contributed by atoms with Crippen LogP contribution in [0.3, 0.4) is 0 Å². The second-order valence-electron chi connectivity index (χ2n) is 5.62. The van der Waals surface area contributed by atoms with E-state index in [4.69, 9.17) is 5.11 Å². The third kappa shape index (κ3) is 3.13. The van der Waals surface area contributed by atoms with Gasteiger partial charge in [0, 0.05) is 11.6 Å². The van der Waals surface area contributed by atoms with Gasteiger partial charge in [-0.2, -0.15) is 0 Å². The zero-order valence-corrected chi connectivity index (χ0v) is 11.5. The molecule has 3 heteroatoms. The second-order valence-corrected chi connectivity index (χ2v) is 5.62. The van der Waals surface area contributed by atoms with Gasteiger partial charge in [-0.05, 0) is 42.0 Å². The van der Waals surface area contributed by atoms with Gasteiger partial charge in [0.05, 0.1) is 0 Å². The van der Waals surface area contributed by atoms with Gasteiger partial charge < -0.3 is 10.2 Å². The lowest BCUT2D eigenvalue weighted by Crippen LogP contribution is -2.11.